The molecule has 0 spiro atoms. The fraction of sp³-hybridized carbons (Fsp3) is 0.241. The van der Waals surface area contributed by atoms with Crippen molar-refractivity contribution in [3.63, 3.8) is 0 Å². The van der Waals surface area contributed by atoms with E-state index in [1.165, 1.54) is 16.4 Å². The number of para-hydroxylation sites is 1. The van der Waals surface area contributed by atoms with Crippen LogP contribution in [0.1, 0.15) is 38.0 Å². The number of nitrogens with one attached hydrogen (secondary N) is 1. The first-order valence-corrected chi connectivity index (χ1v) is 15.6. The van der Waals surface area contributed by atoms with Gasteiger partial charge in [-0.25, -0.2) is 0 Å². The van der Waals surface area contributed by atoms with E-state index in [2.05, 4.69) is 10.4 Å². The first-order chi connectivity index (χ1) is 18.9. The smallest absolute Gasteiger partial charge is 0.357 e. The third-order valence-corrected chi connectivity index (χ3v) is 9.31. The Kier molecular flexibility index (Phi) is 10.4. The van der Waals surface area contributed by atoms with Crippen molar-refractivity contribution < 1.29 is 13.6 Å². The van der Waals surface area contributed by atoms with Gasteiger partial charge >= 0.3 is 7.60 Å². The first-order valence-electron chi connectivity index (χ1n) is 12.8. The zero-order chi connectivity index (χ0) is 27.7. The molecule has 0 aliphatic heterocycles. The van der Waals surface area contributed by atoms with Crippen molar-refractivity contribution in [3.05, 3.63) is 112 Å². The Morgan fingerprint density at radius 2 is 1.51 bits per heavy atom. The van der Waals surface area contributed by atoms with E-state index in [0.29, 0.717) is 23.8 Å². The van der Waals surface area contributed by atoms with E-state index < -0.39 is 13.4 Å². The van der Waals surface area contributed by atoms with Crippen LogP contribution >= 0.6 is 31.0 Å². The Morgan fingerprint density at radius 1 is 0.923 bits per heavy atom. The zero-order valence-electron chi connectivity index (χ0n) is 21.8. The molecule has 1 heterocycles. The van der Waals surface area contributed by atoms with Gasteiger partial charge in [0.05, 0.1) is 30.0 Å². The molecule has 1 unspecified atom stereocenters. The minimum atomic E-state index is -3.54. The number of aromatic nitrogens is 2. The highest BCUT2D eigenvalue weighted by Crippen LogP contribution is 2.61. The van der Waals surface area contributed by atoms with E-state index in [9.17, 15) is 9.36 Å². The lowest BCUT2D eigenvalue weighted by molar-refractivity contribution is 0.199. The maximum absolute atomic E-state index is 14.0. The average molecular weight is 584 g/mol. The van der Waals surface area contributed by atoms with Crippen LogP contribution < -0.4 is 10.9 Å². The highest BCUT2D eigenvalue weighted by atomic mass is 35.5. The topological polar surface area (TPSA) is 82.4 Å². The summed E-state index contributed by atoms with van der Waals surface area (Å²) in [6.45, 7) is 4.60. The summed E-state index contributed by atoms with van der Waals surface area (Å²) in [5, 5.41) is 7.78. The Bertz CT molecular complexity index is 1440. The number of halogens is 1. The normalized spacial score (nSPS) is 12.3. The number of nitrogens with zero attached hydrogens (tertiary/aromatic N) is 2. The summed E-state index contributed by atoms with van der Waals surface area (Å²) < 4.78 is 27.0. The lowest BCUT2D eigenvalue weighted by Crippen LogP contribution is -2.21. The van der Waals surface area contributed by atoms with Crippen LogP contribution in [0.5, 0.6) is 0 Å². The van der Waals surface area contributed by atoms with Crippen LogP contribution in [0, 0.1) is 0 Å². The Balaban J connectivity index is 1.56. The van der Waals surface area contributed by atoms with Gasteiger partial charge in [0.1, 0.15) is 5.02 Å². The molecule has 7 nitrogen and oxygen atoms in total. The number of anilines is 1. The number of rotatable bonds is 13. The molecule has 0 aliphatic carbocycles. The molecular formula is C29H31ClN3O4PS. The minimum Gasteiger partial charge on any atom is -0.368 e. The minimum absolute atomic E-state index is 0.104. The quantitative estimate of drug-likeness (QED) is 0.159. The van der Waals surface area contributed by atoms with E-state index in [1.54, 1.807) is 18.3 Å². The number of benzene rings is 3. The number of hydrogen-bond donors (Lipinski definition) is 1. The molecule has 3 aromatic carbocycles. The molecule has 0 radical (unpaired) electrons. The van der Waals surface area contributed by atoms with Crippen LogP contribution in [0.15, 0.2) is 106 Å². The number of hydrogen-bond acceptors (Lipinski definition) is 7. The second-order valence-corrected chi connectivity index (χ2v) is 12.3. The molecule has 0 bridgehead atoms. The van der Waals surface area contributed by atoms with Crippen LogP contribution in [0.25, 0.3) is 5.69 Å². The van der Waals surface area contributed by atoms with Crippen molar-refractivity contribution in [1.82, 2.24) is 9.78 Å². The van der Waals surface area contributed by atoms with Crippen molar-refractivity contribution in [2.75, 3.05) is 18.5 Å². The molecule has 0 amide bonds. The van der Waals surface area contributed by atoms with Gasteiger partial charge in [0.15, 0.2) is 5.78 Å². The van der Waals surface area contributed by atoms with Gasteiger partial charge in [0, 0.05) is 10.6 Å². The third-order valence-electron chi connectivity index (χ3n) is 5.66. The molecular weight excluding hydrogens is 553 g/mol. The standard InChI is InChI=1S/C29H31ClN3O4PS/c1-3-19-36-38(35,37-20-4-2)28(22-11-7-5-8-12-22)32-23-15-17-25(18-16-23)39-26-21-31-33(29(34)27(26)30)24-13-9-6-10-14-24/h5-18,21,28,32H,3-4,19-20H2,1-2H3. The average Bonchev–Trinajstić information content (AvgIpc) is 2.98. The summed E-state index contributed by atoms with van der Waals surface area (Å²) in [7, 11) is -3.54. The maximum Gasteiger partial charge on any atom is 0.357 e. The predicted molar refractivity (Wildman–Crippen MR) is 158 cm³/mol. The van der Waals surface area contributed by atoms with Crippen LogP contribution in [0.3, 0.4) is 0 Å². The molecule has 1 N–H and O–H groups in total. The summed E-state index contributed by atoms with van der Waals surface area (Å²) in [4.78, 5) is 14.3. The summed E-state index contributed by atoms with van der Waals surface area (Å²) in [6.07, 6.45) is 3.03. The molecule has 4 aromatic rings. The molecule has 10 heteroatoms. The first kappa shape index (κ1) is 29.1. The summed E-state index contributed by atoms with van der Waals surface area (Å²) in [5.41, 5.74) is 1.82. The van der Waals surface area contributed by atoms with Gasteiger partial charge in [-0.2, -0.15) is 9.78 Å². The van der Waals surface area contributed by atoms with Crippen LogP contribution in [0.2, 0.25) is 5.02 Å². The molecule has 1 atom stereocenters. The van der Waals surface area contributed by atoms with Crippen molar-refractivity contribution in [2.24, 2.45) is 0 Å². The molecule has 0 aliphatic rings. The molecule has 1 aromatic heterocycles. The lowest BCUT2D eigenvalue weighted by Gasteiger charge is -2.28. The SMILES string of the molecule is CCCOP(=O)(OCCC)C(Nc1ccc(Sc2cnn(-c3ccccc3)c(=O)c2Cl)cc1)c1ccccc1. The van der Waals surface area contributed by atoms with Gasteiger partial charge in [0.2, 0.25) is 0 Å². The van der Waals surface area contributed by atoms with Crippen molar-refractivity contribution in [3.8, 4) is 5.69 Å². The van der Waals surface area contributed by atoms with Gasteiger partial charge in [-0.15, -0.1) is 0 Å². The fourth-order valence-electron chi connectivity index (χ4n) is 3.75. The molecule has 39 heavy (non-hydrogen) atoms. The van der Waals surface area contributed by atoms with Crippen LogP contribution in [0.4, 0.5) is 5.69 Å². The predicted octanol–water partition coefficient (Wildman–Crippen LogP) is 8.19. The van der Waals surface area contributed by atoms with E-state index >= 15 is 0 Å². The molecule has 0 saturated carbocycles. The molecule has 0 fully saturated rings. The Hall–Kier alpha value is -2.87. The van der Waals surface area contributed by atoms with Crippen LogP contribution in [-0.4, -0.2) is 23.0 Å². The summed E-state index contributed by atoms with van der Waals surface area (Å²) >= 11 is 7.78. The maximum atomic E-state index is 14.0. The molecule has 4 rings (SSSR count). The van der Waals surface area contributed by atoms with E-state index in [4.69, 9.17) is 20.6 Å². The van der Waals surface area contributed by atoms with Gasteiger partial charge in [0.25, 0.3) is 5.56 Å². The van der Waals surface area contributed by atoms with Crippen molar-refractivity contribution in [2.45, 2.75) is 42.3 Å². The van der Waals surface area contributed by atoms with Gasteiger partial charge in [-0.3, -0.25) is 9.36 Å². The third kappa shape index (κ3) is 7.41. The monoisotopic (exact) mass is 583 g/mol. The van der Waals surface area contributed by atoms with E-state index in [1.807, 2.05) is 86.6 Å². The Morgan fingerprint density at radius 3 is 2.10 bits per heavy atom. The highest BCUT2D eigenvalue weighted by Gasteiger charge is 2.37. The van der Waals surface area contributed by atoms with Gasteiger partial charge < -0.3 is 14.4 Å². The van der Waals surface area contributed by atoms with Crippen LogP contribution in [-0.2, 0) is 13.6 Å². The summed E-state index contributed by atoms with van der Waals surface area (Å²) in [5.74, 6) is -0.681. The van der Waals surface area contributed by atoms with E-state index in [-0.39, 0.29) is 10.6 Å². The summed E-state index contributed by atoms with van der Waals surface area (Å²) in [6, 6.07) is 26.2. The Labute approximate surface area is 238 Å². The zero-order valence-corrected chi connectivity index (χ0v) is 24.3. The van der Waals surface area contributed by atoms with Gasteiger partial charge in [-0.1, -0.05) is 85.7 Å². The van der Waals surface area contributed by atoms with Crippen molar-refractivity contribution in [1.29, 1.82) is 0 Å². The fourth-order valence-corrected chi connectivity index (χ4v) is 6.89. The van der Waals surface area contributed by atoms with E-state index in [0.717, 1.165) is 29.0 Å². The molecule has 204 valence electrons. The largest absolute Gasteiger partial charge is 0.368 e. The van der Waals surface area contributed by atoms with Gasteiger partial charge in [-0.05, 0) is 54.8 Å². The van der Waals surface area contributed by atoms with Crippen molar-refractivity contribution >= 4 is 36.6 Å². The molecule has 0 saturated heterocycles. The highest BCUT2D eigenvalue weighted by molar-refractivity contribution is 7.99. The second-order valence-electron chi connectivity index (χ2n) is 8.67. The lowest BCUT2D eigenvalue weighted by atomic mass is 10.2. The second kappa shape index (κ2) is 14.0.